The number of anilines is 1. The van der Waals surface area contributed by atoms with Gasteiger partial charge in [-0.1, -0.05) is 98.1 Å². The normalized spacial score (nSPS) is 20.2. The van der Waals surface area contributed by atoms with Gasteiger partial charge in [0.25, 0.3) is 0 Å². The molecular weight excluding hydrogens is 668 g/mol. The molecular formula is C33H25Br2ClN2O3. The van der Waals surface area contributed by atoms with Crippen molar-refractivity contribution >= 4 is 66.9 Å². The summed E-state index contributed by atoms with van der Waals surface area (Å²) in [5, 5.41) is 0.474. The van der Waals surface area contributed by atoms with Crippen LogP contribution in [0.25, 0.3) is 0 Å². The first-order chi connectivity index (χ1) is 19.8. The van der Waals surface area contributed by atoms with Gasteiger partial charge in [0, 0.05) is 26.1 Å². The molecule has 4 aromatic rings. The lowest BCUT2D eigenvalue weighted by atomic mass is 9.66. The number of hydrogen-bond acceptors (Lipinski definition) is 3. The Morgan fingerprint density at radius 1 is 0.732 bits per heavy atom. The molecule has 0 spiro atoms. The summed E-state index contributed by atoms with van der Waals surface area (Å²) in [6.45, 7) is 0.494. The van der Waals surface area contributed by atoms with E-state index in [2.05, 4.69) is 31.9 Å². The van der Waals surface area contributed by atoms with E-state index in [1.807, 2.05) is 84.9 Å². The van der Waals surface area contributed by atoms with Crippen LogP contribution in [-0.4, -0.2) is 22.6 Å². The van der Waals surface area contributed by atoms with Crippen molar-refractivity contribution in [3.63, 3.8) is 0 Å². The van der Waals surface area contributed by atoms with Gasteiger partial charge in [-0.15, -0.1) is 0 Å². The summed E-state index contributed by atoms with van der Waals surface area (Å²) in [4.78, 5) is 45.5. The van der Waals surface area contributed by atoms with Crippen LogP contribution in [0.15, 0.2) is 106 Å². The number of hydrogen-bond donors (Lipinski definition) is 0. The lowest BCUT2D eigenvalue weighted by Crippen LogP contribution is -2.49. The number of carbonyl (C=O) groups excluding carboxylic acids is 3. The summed E-state index contributed by atoms with van der Waals surface area (Å²) in [6.07, 6.45) is 0.205. The van der Waals surface area contributed by atoms with Crippen LogP contribution in [0.3, 0.4) is 0 Å². The van der Waals surface area contributed by atoms with Gasteiger partial charge in [-0.25, -0.2) is 0 Å². The smallest absolute Gasteiger partial charge is 0.239 e. The second-order valence-corrected chi connectivity index (χ2v) is 12.8. The van der Waals surface area contributed by atoms with Gasteiger partial charge in [-0.3, -0.25) is 19.3 Å². The van der Waals surface area contributed by atoms with E-state index in [4.69, 9.17) is 11.6 Å². The summed E-state index contributed by atoms with van der Waals surface area (Å²) < 4.78 is 1.82. The predicted octanol–water partition coefficient (Wildman–Crippen LogP) is 7.47. The fraction of sp³-hybridized carbons (Fsp3) is 0.182. The molecule has 41 heavy (non-hydrogen) atoms. The van der Waals surface area contributed by atoms with Crippen molar-refractivity contribution in [3.8, 4) is 0 Å². The Morgan fingerprint density at radius 2 is 1.32 bits per heavy atom. The Morgan fingerprint density at radius 3 is 1.98 bits per heavy atom. The molecule has 4 aromatic carbocycles. The number of amides is 3. The zero-order valence-corrected chi connectivity index (χ0v) is 25.8. The molecule has 2 heterocycles. The van der Waals surface area contributed by atoms with Gasteiger partial charge >= 0.3 is 0 Å². The van der Waals surface area contributed by atoms with Crippen LogP contribution < -0.4 is 4.90 Å². The zero-order chi connectivity index (χ0) is 28.7. The number of likely N-dealkylation sites (tertiary alicyclic amines) is 1. The molecule has 6 rings (SSSR count). The molecule has 0 bridgehead atoms. The highest BCUT2D eigenvalue weighted by Crippen LogP contribution is 2.52. The first-order valence-electron chi connectivity index (χ1n) is 13.3. The SMILES string of the molecule is O=C1C[C@H]([C@]2(Cc3ccc(Br)cc3)C(=O)N(Cc3ccccc3)c3ccc(Cl)cc32)C(=O)N1Cc1ccc(Br)cc1. The molecule has 1 fully saturated rings. The van der Waals surface area contributed by atoms with Gasteiger partial charge < -0.3 is 4.90 Å². The van der Waals surface area contributed by atoms with Gasteiger partial charge in [-0.2, -0.15) is 0 Å². The Hall–Kier alpha value is -3.26. The van der Waals surface area contributed by atoms with Crippen molar-refractivity contribution in [2.24, 2.45) is 5.92 Å². The molecule has 0 aliphatic carbocycles. The third-order valence-corrected chi connectivity index (χ3v) is 9.32. The zero-order valence-electron chi connectivity index (χ0n) is 21.9. The quantitative estimate of drug-likeness (QED) is 0.189. The maximum absolute atomic E-state index is 14.8. The van der Waals surface area contributed by atoms with Crippen LogP contribution in [0, 0.1) is 5.92 Å². The number of fused-ring (bicyclic) bond motifs is 1. The summed E-state index contributed by atoms with van der Waals surface area (Å²) in [5.74, 6) is -1.69. The lowest BCUT2D eigenvalue weighted by molar-refractivity contribution is -0.142. The second kappa shape index (κ2) is 11.2. The van der Waals surface area contributed by atoms with Crippen molar-refractivity contribution in [1.29, 1.82) is 0 Å². The molecule has 3 amide bonds. The minimum Gasteiger partial charge on any atom is -0.307 e. The molecule has 206 valence electrons. The van der Waals surface area contributed by atoms with E-state index in [1.165, 1.54) is 4.90 Å². The van der Waals surface area contributed by atoms with E-state index in [1.54, 1.807) is 17.0 Å². The van der Waals surface area contributed by atoms with Crippen LogP contribution in [0.5, 0.6) is 0 Å². The Kier molecular flexibility index (Phi) is 7.62. The fourth-order valence-electron chi connectivity index (χ4n) is 6.05. The van der Waals surface area contributed by atoms with E-state index in [9.17, 15) is 14.4 Å². The number of nitrogens with zero attached hydrogens (tertiary/aromatic N) is 2. The van der Waals surface area contributed by atoms with E-state index in [0.717, 1.165) is 25.6 Å². The fourth-order valence-corrected chi connectivity index (χ4v) is 6.75. The molecule has 1 saturated heterocycles. The van der Waals surface area contributed by atoms with E-state index >= 15 is 0 Å². The van der Waals surface area contributed by atoms with Gasteiger partial charge in [0.2, 0.25) is 17.7 Å². The molecule has 0 N–H and O–H groups in total. The van der Waals surface area contributed by atoms with Gasteiger partial charge in [-0.05, 0) is 71.1 Å². The summed E-state index contributed by atoms with van der Waals surface area (Å²) in [7, 11) is 0. The number of benzene rings is 4. The molecule has 0 saturated carbocycles. The standard InChI is InChI=1S/C33H25Br2ClN2O3/c34-24-10-6-21(7-11-24)18-33(28-17-30(39)38(31(28)40)20-23-8-12-25(35)13-9-23)27-16-26(36)14-15-29(27)37(32(33)41)19-22-4-2-1-3-5-22/h1-16,28H,17-20H2/t28-,33+/m0/s1. The largest absolute Gasteiger partial charge is 0.307 e. The number of imide groups is 1. The first-order valence-corrected chi connectivity index (χ1v) is 15.2. The lowest BCUT2D eigenvalue weighted by Gasteiger charge is -2.33. The van der Waals surface area contributed by atoms with Crippen molar-refractivity contribution in [2.45, 2.75) is 31.3 Å². The van der Waals surface area contributed by atoms with Crippen molar-refractivity contribution in [1.82, 2.24) is 4.90 Å². The summed E-state index contributed by atoms with van der Waals surface area (Å²) >= 11 is 13.5. The Balaban J connectivity index is 1.47. The van der Waals surface area contributed by atoms with Crippen molar-refractivity contribution in [3.05, 3.63) is 133 Å². The van der Waals surface area contributed by atoms with Crippen LogP contribution in [0.4, 0.5) is 5.69 Å². The summed E-state index contributed by atoms with van der Waals surface area (Å²) in [5.41, 5.74) is 2.79. The highest BCUT2D eigenvalue weighted by molar-refractivity contribution is 9.10. The maximum Gasteiger partial charge on any atom is 0.239 e. The minimum atomic E-state index is -1.30. The van der Waals surface area contributed by atoms with Crippen LogP contribution in [0.1, 0.15) is 28.7 Å². The van der Waals surface area contributed by atoms with Gasteiger partial charge in [0.1, 0.15) is 0 Å². The Bertz CT molecular complexity index is 1640. The molecule has 0 radical (unpaired) electrons. The van der Waals surface area contributed by atoms with E-state index in [0.29, 0.717) is 22.8 Å². The number of carbonyl (C=O) groups is 3. The van der Waals surface area contributed by atoms with E-state index in [-0.39, 0.29) is 37.1 Å². The van der Waals surface area contributed by atoms with Crippen molar-refractivity contribution in [2.75, 3.05) is 4.90 Å². The third-order valence-electron chi connectivity index (χ3n) is 8.03. The number of halogens is 3. The maximum atomic E-state index is 14.8. The average molecular weight is 693 g/mol. The molecule has 8 heteroatoms. The molecule has 0 aromatic heterocycles. The van der Waals surface area contributed by atoms with Gasteiger partial charge in [0.15, 0.2) is 0 Å². The highest BCUT2D eigenvalue weighted by atomic mass is 79.9. The topological polar surface area (TPSA) is 57.7 Å². The highest BCUT2D eigenvalue weighted by Gasteiger charge is 2.61. The van der Waals surface area contributed by atoms with E-state index < -0.39 is 11.3 Å². The summed E-state index contributed by atoms with van der Waals surface area (Å²) in [6, 6.07) is 30.4. The third kappa shape index (κ3) is 5.16. The monoisotopic (exact) mass is 690 g/mol. The second-order valence-electron chi connectivity index (χ2n) is 10.5. The number of rotatable bonds is 7. The molecule has 2 aliphatic heterocycles. The molecule has 0 unspecified atom stereocenters. The van der Waals surface area contributed by atoms with Crippen LogP contribution in [0.2, 0.25) is 5.02 Å². The van der Waals surface area contributed by atoms with Crippen LogP contribution in [-0.2, 0) is 39.3 Å². The van der Waals surface area contributed by atoms with Crippen LogP contribution >= 0.6 is 43.5 Å². The van der Waals surface area contributed by atoms with Gasteiger partial charge in [0.05, 0.1) is 24.4 Å². The predicted molar refractivity (Wildman–Crippen MR) is 166 cm³/mol. The minimum absolute atomic E-state index is 0.0528. The molecule has 2 atom stereocenters. The Labute approximate surface area is 260 Å². The average Bonchev–Trinajstić information content (AvgIpc) is 3.37. The van der Waals surface area contributed by atoms with Crippen molar-refractivity contribution < 1.29 is 14.4 Å². The molecule has 2 aliphatic rings. The molecule has 5 nitrogen and oxygen atoms in total. The first kappa shape index (κ1) is 27.9.